The Hall–Kier alpha value is -4.31. The van der Waals surface area contributed by atoms with Gasteiger partial charge in [0, 0.05) is 31.9 Å². The zero-order chi connectivity index (χ0) is 25.7. The number of imidazole rings is 1. The van der Waals surface area contributed by atoms with Crippen LogP contribution in [0.1, 0.15) is 24.8 Å². The van der Waals surface area contributed by atoms with Crippen LogP contribution in [0, 0.1) is 6.92 Å². The molecule has 2 aliphatic heterocycles. The van der Waals surface area contributed by atoms with Crippen molar-refractivity contribution in [2.24, 2.45) is 7.05 Å². The average molecular weight is 509 g/mol. The third-order valence-corrected chi connectivity index (χ3v) is 7.65. The first-order valence-corrected chi connectivity index (χ1v) is 12.9. The van der Waals surface area contributed by atoms with Crippen molar-refractivity contribution in [3.63, 3.8) is 0 Å². The minimum absolute atomic E-state index is 0.0854. The normalized spacial score (nSPS) is 16.6. The smallest absolute Gasteiger partial charge is 0.226 e. The Bertz CT molecular complexity index is 1650. The molecule has 3 aromatic heterocycles. The zero-order valence-electron chi connectivity index (χ0n) is 21.4. The number of aryl methyl sites for hydroxylation is 2. The first-order chi connectivity index (χ1) is 18.6. The van der Waals surface area contributed by atoms with Crippen molar-refractivity contribution in [3.05, 3.63) is 60.8 Å². The minimum atomic E-state index is 0.0854. The van der Waals surface area contributed by atoms with Gasteiger partial charge in [0.1, 0.15) is 28.9 Å². The van der Waals surface area contributed by atoms with E-state index in [2.05, 4.69) is 30.2 Å². The lowest BCUT2D eigenvalue weighted by molar-refractivity contribution is -0.158. The number of piperidine rings is 1. The molecule has 10 heteroatoms. The molecule has 0 saturated carbocycles. The van der Waals surface area contributed by atoms with Crippen LogP contribution in [0.2, 0.25) is 0 Å². The predicted molar refractivity (Wildman–Crippen MR) is 145 cm³/mol. The topological polar surface area (TPSA) is 103 Å². The van der Waals surface area contributed by atoms with Gasteiger partial charge in [0.15, 0.2) is 5.82 Å². The largest absolute Gasteiger partial charge is 0.457 e. The van der Waals surface area contributed by atoms with Gasteiger partial charge < -0.3 is 24.3 Å². The number of hydrogen-bond donors (Lipinski definition) is 1. The maximum Gasteiger partial charge on any atom is 0.226 e. The van der Waals surface area contributed by atoms with Gasteiger partial charge in [-0.3, -0.25) is 0 Å². The summed E-state index contributed by atoms with van der Waals surface area (Å²) in [4.78, 5) is 25.0. The molecule has 1 N–H and O–H groups in total. The zero-order valence-corrected chi connectivity index (χ0v) is 21.4. The molecule has 2 fully saturated rings. The maximum absolute atomic E-state index is 6.17. The monoisotopic (exact) mass is 508 g/mol. The fourth-order valence-electron chi connectivity index (χ4n) is 5.27. The first kappa shape index (κ1) is 22.9. The van der Waals surface area contributed by atoms with Gasteiger partial charge in [-0.15, -0.1) is 0 Å². The van der Waals surface area contributed by atoms with Crippen LogP contribution in [-0.4, -0.2) is 54.8 Å². The molecule has 10 nitrogen and oxygen atoms in total. The van der Waals surface area contributed by atoms with Gasteiger partial charge in [0.2, 0.25) is 5.95 Å². The van der Waals surface area contributed by atoms with Gasteiger partial charge in [-0.1, -0.05) is 0 Å². The Kier molecular flexibility index (Phi) is 5.36. The van der Waals surface area contributed by atoms with E-state index in [4.69, 9.17) is 14.5 Å². The Morgan fingerprint density at radius 3 is 2.63 bits per heavy atom. The van der Waals surface area contributed by atoms with Crippen LogP contribution in [0.15, 0.2) is 55.2 Å². The number of rotatable bonds is 5. The second-order valence-corrected chi connectivity index (χ2v) is 10.1. The van der Waals surface area contributed by atoms with Crippen molar-refractivity contribution in [2.45, 2.75) is 31.8 Å². The lowest BCUT2D eigenvalue weighted by Crippen LogP contribution is -2.52. The fourth-order valence-corrected chi connectivity index (χ4v) is 5.27. The van der Waals surface area contributed by atoms with Crippen LogP contribution in [0.25, 0.3) is 22.1 Å². The van der Waals surface area contributed by atoms with Crippen LogP contribution in [0.3, 0.4) is 0 Å². The maximum atomic E-state index is 6.17. The van der Waals surface area contributed by atoms with Crippen LogP contribution in [-0.2, 0) is 11.8 Å². The number of ether oxygens (including phenoxy) is 2. The van der Waals surface area contributed by atoms with Crippen LogP contribution in [0.5, 0.6) is 11.5 Å². The van der Waals surface area contributed by atoms with E-state index in [0.717, 1.165) is 72.7 Å². The highest BCUT2D eigenvalue weighted by molar-refractivity contribution is 5.87. The van der Waals surface area contributed by atoms with Gasteiger partial charge in [-0.2, -0.15) is 0 Å². The Morgan fingerprint density at radius 2 is 1.84 bits per heavy atom. The third kappa shape index (κ3) is 4.06. The molecule has 5 heterocycles. The fraction of sp³-hybridized carbons (Fsp3) is 0.321. The molecule has 2 aliphatic rings. The molecule has 0 aliphatic carbocycles. The van der Waals surface area contributed by atoms with E-state index in [9.17, 15) is 0 Å². The molecule has 192 valence electrons. The first-order valence-electron chi connectivity index (χ1n) is 12.9. The number of anilines is 3. The van der Waals surface area contributed by atoms with Crippen molar-refractivity contribution in [1.82, 2.24) is 29.5 Å². The number of benzene rings is 2. The standard InChI is InChI=1S/C28H28N8O2/c1-18-13-19(3-6-24(18)38-20-4-5-23-21(14-20)32-17-35(23)2)33-26-25-22(30-16-31-26)15-29-27(34-25)36-10-7-28(8-11-36)9-12-37-28/h3-6,13-17H,7-12H2,1-2H3,(H,30,31,33). The molecule has 0 radical (unpaired) electrons. The summed E-state index contributed by atoms with van der Waals surface area (Å²) in [5.74, 6) is 2.87. The summed E-state index contributed by atoms with van der Waals surface area (Å²) in [5, 5.41) is 3.42. The van der Waals surface area contributed by atoms with Crippen molar-refractivity contribution < 1.29 is 9.47 Å². The van der Waals surface area contributed by atoms with Crippen molar-refractivity contribution in [2.75, 3.05) is 29.9 Å². The number of fused-ring (bicyclic) bond motifs is 2. The van der Waals surface area contributed by atoms with E-state index in [-0.39, 0.29) is 5.60 Å². The molecule has 7 rings (SSSR count). The molecular formula is C28H28N8O2. The number of nitrogens with one attached hydrogen (secondary N) is 1. The van der Waals surface area contributed by atoms with Crippen molar-refractivity contribution in [3.8, 4) is 11.5 Å². The quantitative estimate of drug-likeness (QED) is 0.355. The molecule has 0 bridgehead atoms. The highest BCUT2D eigenvalue weighted by atomic mass is 16.5. The molecule has 1 spiro atoms. The Morgan fingerprint density at radius 1 is 0.974 bits per heavy atom. The second kappa shape index (κ2) is 8.91. The predicted octanol–water partition coefficient (Wildman–Crippen LogP) is 4.91. The van der Waals surface area contributed by atoms with Gasteiger partial charge in [-0.25, -0.2) is 24.9 Å². The number of hydrogen-bond acceptors (Lipinski definition) is 9. The van der Waals surface area contributed by atoms with E-state index in [1.54, 1.807) is 12.5 Å². The lowest BCUT2D eigenvalue weighted by Gasteiger charge is -2.47. The summed E-state index contributed by atoms with van der Waals surface area (Å²) in [7, 11) is 1.98. The van der Waals surface area contributed by atoms with Gasteiger partial charge in [0.05, 0.1) is 35.8 Å². The van der Waals surface area contributed by atoms with Gasteiger partial charge in [0.25, 0.3) is 0 Å². The molecule has 0 unspecified atom stereocenters. The highest BCUT2D eigenvalue weighted by Crippen LogP contribution is 2.37. The molecule has 0 atom stereocenters. The summed E-state index contributed by atoms with van der Waals surface area (Å²) < 4.78 is 14.0. The van der Waals surface area contributed by atoms with Crippen molar-refractivity contribution in [1.29, 1.82) is 0 Å². The summed E-state index contributed by atoms with van der Waals surface area (Å²) in [6.07, 6.45) is 8.28. The summed E-state index contributed by atoms with van der Waals surface area (Å²) in [6, 6.07) is 11.9. The molecular weight excluding hydrogens is 480 g/mol. The Balaban J connectivity index is 1.11. The minimum Gasteiger partial charge on any atom is -0.457 e. The molecule has 38 heavy (non-hydrogen) atoms. The summed E-state index contributed by atoms with van der Waals surface area (Å²) in [5.41, 5.74) is 5.32. The SMILES string of the molecule is Cc1cc(Nc2ncnc3cnc(N4CCC5(CCO5)CC4)nc23)ccc1Oc1ccc2c(c1)ncn2C. The van der Waals surface area contributed by atoms with Crippen molar-refractivity contribution >= 4 is 39.5 Å². The van der Waals surface area contributed by atoms with E-state index < -0.39 is 0 Å². The Labute approximate surface area is 219 Å². The van der Waals surface area contributed by atoms with Crippen LogP contribution >= 0.6 is 0 Å². The summed E-state index contributed by atoms with van der Waals surface area (Å²) in [6.45, 7) is 4.67. The van der Waals surface area contributed by atoms with Crippen LogP contribution in [0.4, 0.5) is 17.5 Å². The summed E-state index contributed by atoms with van der Waals surface area (Å²) >= 11 is 0. The van der Waals surface area contributed by atoms with E-state index in [0.29, 0.717) is 22.8 Å². The number of nitrogens with zero attached hydrogens (tertiary/aromatic N) is 7. The second-order valence-electron chi connectivity index (χ2n) is 10.1. The molecule has 2 aromatic carbocycles. The highest BCUT2D eigenvalue weighted by Gasteiger charge is 2.41. The van der Waals surface area contributed by atoms with E-state index in [1.165, 1.54) is 6.33 Å². The number of aromatic nitrogens is 6. The van der Waals surface area contributed by atoms with E-state index in [1.807, 2.05) is 54.9 Å². The van der Waals surface area contributed by atoms with E-state index >= 15 is 0 Å². The van der Waals surface area contributed by atoms with Gasteiger partial charge >= 0.3 is 0 Å². The van der Waals surface area contributed by atoms with Crippen LogP contribution < -0.4 is 15.0 Å². The lowest BCUT2D eigenvalue weighted by atomic mass is 9.84. The van der Waals surface area contributed by atoms with Gasteiger partial charge in [-0.05, 0) is 62.1 Å². The molecule has 0 amide bonds. The molecule has 2 saturated heterocycles. The molecule has 5 aromatic rings. The third-order valence-electron chi connectivity index (χ3n) is 7.65. The average Bonchev–Trinajstić information content (AvgIpc) is 3.29.